The molecule has 6 nitrogen and oxygen atoms in total. The van der Waals surface area contributed by atoms with Crippen LogP contribution in [0, 0.1) is 0 Å². The molecule has 0 unspecified atom stereocenters. The fourth-order valence-electron chi connectivity index (χ4n) is 7.77. The molecule has 10 heteroatoms. The first-order valence-electron chi connectivity index (χ1n) is 19.3. The standard InChI is InChI=1S/C46H46N4O2S2.2BrH/c51-45-43(37-21-19-35(41-17-15-31-53-41)33-39(37)49(45)29-13-3-1-7-23-47-25-9-5-10-26-47)44-38-22-20-36(42-18-16-32-54-42)34-40(38)50(46(44)52)30-14-4-2-8-24-48-27-11-6-12-28-48;;/h5-6,9-12,15-22,25-28,31-34H,1-4,7-8,13-14,23-24,29-30H2;2*1H/q+2;;/p-2/b44-43+;;. The highest BCUT2D eigenvalue weighted by molar-refractivity contribution is 7.13. The number of aryl methyl sites for hydroxylation is 2. The van der Waals surface area contributed by atoms with Crippen molar-refractivity contribution in [3.05, 3.63) is 144 Å². The number of halogens is 2. The molecule has 6 heterocycles. The molecular formula is C46H46Br2N4O2S2. The fourth-order valence-corrected chi connectivity index (χ4v) is 9.22. The molecule has 0 bridgehead atoms. The van der Waals surface area contributed by atoms with E-state index in [1.165, 1.54) is 9.75 Å². The van der Waals surface area contributed by atoms with Crippen molar-refractivity contribution < 1.29 is 52.7 Å². The highest BCUT2D eigenvalue weighted by Crippen LogP contribution is 2.49. The normalized spacial score (nSPS) is 14.4. The smallest absolute Gasteiger partial charge is 0.259 e. The lowest BCUT2D eigenvalue weighted by Gasteiger charge is -2.18. The summed E-state index contributed by atoms with van der Waals surface area (Å²) < 4.78 is 4.44. The predicted molar refractivity (Wildman–Crippen MR) is 221 cm³/mol. The molecule has 0 saturated carbocycles. The maximum absolute atomic E-state index is 14.7. The van der Waals surface area contributed by atoms with Crippen molar-refractivity contribution in [2.45, 2.75) is 64.5 Å². The Hall–Kier alpha value is -4.22. The Morgan fingerprint density at radius 2 is 0.875 bits per heavy atom. The topological polar surface area (TPSA) is 48.4 Å². The van der Waals surface area contributed by atoms with Crippen LogP contribution in [0.5, 0.6) is 0 Å². The summed E-state index contributed by atoms with van der Waals surface area (Å²) in [6.07, 6.45) is 16.7. The zero-order chi connectivity index (χ0) is 36.7. The molecule has 2 aliphatic rings. The van der Waals surface area contributed by atoms with Crippen molar-refractivity contribution in [3.8, 4) is 20.9 Å². The van der Waals surface area contributed by atoms with Gasteiger partial charge in [-0.15, -0.1) is 22.7 Å². The number of carbonyl (C=O) groups excluding carboxylic acids is 2. The van der Waals surface area contributed by atoms with Gasteiger partial charge in [0.1, 0.15) is 13.1 Å². The molecule has 288 valence electrons. The molecule has 4 aromatic heterocycles. The molecule has 0 radical (unpaired) electrons. The minimum absolute atomic E-state index is 0. The zero-order valence-corrected chi connectivity index (χ0v) is 36.2. The summed E-state index contributed by atoms with van der Waals surface area (Å²) in [7, 11) is 0. The van der Waals surface area contributed by atoms with Gasteiger partial charge in [-0.1, -0.05) is 61.4 Å². The van der Waals surface area contributed by atoms with E-state index in [1.54, 1.807) is 22.7 Å². The minimum atomic E-state index is -0.0648. The molecule has 0 fully saturated rings. The number of fused-ring (bicyclic) bond motifs is 2. The Bertz CT molecular complexity index is 2080. The van der Waals surface area contributed by atoms with Crippen LogP contribution in [-0.2, 0) is 22.7 Å². The Morgan fingerprint density at radius 3 is 1.27 bits per heavy atom. The van der Waals surface area contributed by atoms with Gasteiger partial charge in [-0.05, 0) is 71.8 Å². The lowest BCUT2D eigenvalue weighted by atomic mass is 9.95. The molecular weight excluding hydrogens is 864 g/mol. The van der Waals surface area contributed by atoms with E-state index in [4.69, 9.17) is 0 Å². The SMILES string of the molecule is O=C1/C(=C2/C(=O)N(CCCCCC[n+]3ccccc3)c3cc(-c4cccs4)ccc32)c2ccc(-c3cccs3)cc2N1CCCCCC[n+]1ccccc1.[Br-].[Br-]. The third-order valence-corrected chi connectivity index (χ3v) is 12.4. The van der Waals surface area contributed by atoms with Crippen molar-refractivity contribution >= 4 is 57.0 Å². The van der Waals surface area contributed by atoms with Gasteiger partial charge in [0.2, 0.25) is 0 Å². The number of hydrogen-bond donors (Lipinski definition) is 0. The van der Waals surface area contributed by atoms with Crippen LogP contribution in [0.15, 0.2) is 133 Å². The number of carbonyl (C=O) groups is 2. The first-order chi connectivity index (χ1) is 26.7. The molecule has 6 aromatic rings. The zero-order valence-electron chi connectivity index (χ0n) is 31.4. The lowest BCUT2D eigenvalue weighted by Crippen LogP contribution is -3.00. The third kappa shape index (κ3) is 9.15. The summed E-state index contributed by atoms with van der Waals surface area (Å²) in [6, 6.07) is 33.4. The van der Waals surface area contributed by atoms with Gasteiger partial charge < -0.3 is 43.8 Å². The average molecular weight is 911 g/mol. The Morgan fingerprint density at radius 1 is 0.464 bits per heavy atom. The monoisotopic (exact) mass is 908 g/mol. The maximum Gasteiger partial charge on any atom is 0.259 e. The second-order valence-electron chi connectivity index (χ2n) is 14.1. The van der Waals surface area contributed by atoms with Gasteiger partial charge in [-0.3, -0.25) is 9.59 Å². The number of unbranched alkanes of at least 4 members (excludes halogenated alkanes) is 6. The van der Waals surface area contributed by atoms with E-state index < -0.39 is 0 Å². The Balaban J connectivity index is 0.00000266. The Labute approximate surface area is 359 Å². The van der Waals surface area contributed by atoms with Crippen LogP contribution in [0.2, 0.25) is 0 Å². The van der Waals surface area contributed by atoms with Crippen LogP contribution >= 0.6 is 22.7 Å². The van der Waals surface area contributed by atoms with Gasteiger partial charge in [0.05, 0.1) is 22.5 Å². The van der Waals surface area contributed by atoms with Crippen molar-refractivity contribution in [1.82, 2.24) is 0 Å². The number of hydrogen-bond acceptors (Lipinski definition) is 4. The predicted octanol–water partition coefficient (Wildman–Crippen LogP) is 3.85. The number of benzene rings is 2. The van der Waals surface area contributed by atoms with Crippen LogP contribution in [0.25, 0.3) is 32.0 Å². The highest BCUT2D eigenvalue weighted by Gasteiger charge is 2.42. The van der Waals surface area contributed by atoms with Gasteiger partial charge in [-0.2, -0.15) is 0 Å². The van der Waals surface area contributed by atoms with E-state index in [2.05, 4.69) is 130 Å². The lowest BCUT2D eigenvalue weighted by molar-refractivity contribution is -0.697. The van der Waals surface area contributed by atoms with E-state index >= 15 is 0 Å². The van der Waals surface area contributed by atoms with E-state index in [0.29, 0.717) is 24.2 Å². The number of aromatic nitrogens is 2. The van der Waals surface area contributed by atoms with Crippen molar-refractivity contribution in [3.63, 3.8) is 0 Å². The first kappa shape index (κ1) is 41.4. The number of pyridine rings is 2. The van der Waals surface area contributed by atoms with Crippen LogP contribution in [0.3, 0.4) is 0 Å². The largest absolute Gasteiger partial charge is 1.00 e. The van der Waals surface area contributed by atoms with E-state index in [1.807, 2.05) is 21.9 Å². The molecule has 0 aliphatic carbocycles. The summed E-state index contributed by atoms with van der Waals surface area (Å²) in [5.74, 6) is -0.130. The van der Waals surface area contributed by atoms with Crippen molar-refractivity contribution in [1.29, 1.82) is 0 Å². The van der Waals surface area contributed by atoms with Gasteiger partial charge in [0, 0.05) is 71.1 Å². The van der Waals surface area contributed by atoms with Gasteiger partial charge in [0.25, 0.3) is 11.8 Å². The summed E-state index contributed by atoms with van der Waals surface area (Å²) >= 11 is 3.40. The molecule has 2 aliphatic heterocycles. The van der Waals surface area contributed by atoms with Crippen molar-refractivity contribution in [2.75, 3.05) is 22.9 Å². The second-order valence-corrected chi connectivity index (χ2v) is 16.0. The Kier molecular flexibility index (Phi) is 14.6. The van der Waals surface area contributed by atoms with Crippen LogP contribution in [-0.4, -0.2) is 24.9 Å². The molecule has 56 heavy (non-hydrogen) atoms. The fraction of sp³-hybridized carbons (Fsp3) is 0.261. The quantitative estimate of drug-likeness (QED) is 0.0844. The van der Waals surface area contributed by atoms with Crippen LogP contribution < -0.4 is 52.9 Å². The molecule has 0 spiro atoms. The number of anilines is 2. The summed E-state index contributed by atoms with van der Waals surface area (Å²) in [6.45, 7) is 3.23. The number of amides is 2. The van der Waals surface area contributed by atoms with Crippen LogP contribution in [0.4, 0.5) is 11.4 Å². The van der Waals surface area contributed by atoms with Crippen LogP contribution in [0.1, 0.15) is 62.5 Å². The molecule has 0 saturated heterocycles. The number of rotatable bonds is 16. The molecule has 2 amide bonds. The summed E-state index contributed by atoms with van der Waals surface area (Å²) in [5, 5.41) is 4.17. The summed E-state index contributed by atoms with van der Waals surface area (Å²) in [4.78, 5) is 35.7. The summed E-state index contributed by atoms with van der Waals surface area (Å²) in [5.41, 5.74) is 6.81. The number of nitrogens with zero attached hydrogens (tertiary/aromatic N) is 4. The molecule has 0 atom stereocenters. The maximum atomic E-state index is 14.7. The highest BCUT2D eigenvalue weighted by atomic mass is 79.9. The number of thiophene rings is 2. The average Bonchev–Trinajstić information content (AvgIpc) is 4.03. The van der Waals surface area contributed by atoms with E-state index in [9.17, 15) is 9.59 Å². The van der Waals surface area contributed by atoms with Gasteiger partial charge in [0.15, 0.2) is 24.8 Å². The first-order valence-corrected chi connectivity index (χ1v) is 21.0. The second kappa shape index (κ2) is 19.8. The van der Waals surface area contributed by atoms with Gasteiger partial charge in [-0.25, -0.2) is 9.13 Å². The van der Waals surface area contributed by atoms with Crippen molar-refractivity contribution in [2.24, 2.45) is 0 Å². The minimum Gasteiger partial charge on any atom is -1.00 e. The molecule has 8 rings (SSSR count). The molecule has 0 N–H and O–H groups in total. The third-order valence-electron chi connectivity index (χ3n) is 10.5. The van der Waals surface area contributed by atoms with Gasteiger partial charge >= 0.3 is 0 Å². The van der Waals surface area contributed by atoms with E-state index in [0.717, 1.165) is 98.1 Å². The molecule has 2 aromatic carbocycles. The van der Waals surface area contributed by atoms with E-state index in [-0.39, 0.29) is 45.8 Å².